The molecule has 2 aromatic heterocycles. The first-order valence-electron chi connectivity index (χ1n) is 6.01. The van der Waals surface area contributed by atoms with Gasteiger partial charge in [-0.3, -0.25) is 0 Å². The van der Waals surface area contributed by atoms with Gasteiger partial charge in [-0.2, -0.15) is 4.98 Å². The standard InChI is InChI=1S/C12H14BrN3OS/c13-8-5-9(18-7-8)11-15-10(17-16-11)6-12(14)3-1-2-4-12/h5,7H,1-4,6,14H2. The summed E-state index contributed by atoms with van der Waals surface area (Å²) in [5.74, 6) is 1.31. The van der Waals surface area contributed by atoms with Gasteiger partial charge in [-0.15, -0.1) is 11.3 Å². The average Bonchev–Trinajstić information content (AvgIpc) is 3.01. The van der Waals surface area contributed by atoms with Crippen molar-refractivity contribution in [1.29, 1.82) is 0 Å². The number of nitrogens with two attached hydrogens (primary N) is 1. The van der Waals surface area contributed by atoms with E-state index in [1.165, 1.54) is 12.8 Å². The Balaban J connectivity index is 1.77. The van der Waals surface area contributed by atoms with Crippen molar-refractivity contribution in [3.8, 4) is 10.7 Å². The van der Waals surface area contributed by atoms with Crippen LogP contribution in [0.3, 0.4) is 0 Å². The van der Waals surface area contributed by atoms with Gasteiger partial charge in [0, 0.05) is 21.8 Å². The molecule has 1 saturated carbocycles. The van der Waals surface area contributed by atoms with E-state index < -0.39 is 0 Å². The van der Waals surface area contributed by atoms with Crippen LogP contribution in [0.25, 0.3) is 10.7 Å². The Morgan fingerprint density at radius 3 is 2.89 bits per heavy atom. The van der Waals surface area contributed by atoms with Crippen molar-refractivity contribution in [3.05, 3.63) is 21.8 Å². The van der Waals surface area contributed by atoms with E-state index in [2.05, 4.69) is 26.1 Å². The molecule has 0 bridgehead atoms. The Bertz CT molecular complexity index is 545. The lowest BCUT2D eigenvalue weighted by molar-refractivity contribution is 0.329. The molecule has 18 heavy (non-hydrogen) atoms. The number of rotatable bonds is 3. The molecule has 0 aromatic carbocycles. The Kier molecular flexibility index (Phi) is 3.25. The van der Waals surface area contributed by atoms with Crippen LogP contribution >= 0.6 is 27.3 Å². The van der Waals surface area contributed by atoms with Crippen LogP contribution in [0.2, 0.25) is 0 Å². The zero-order chi connectivity index (χ0) is 12.6. The van der Waals surface area contributed by atoms with E-state index in [0.717, 1.165) is 22.2 Å². The van der Waals surface area contributed by atoms with Crippen molar-refractivity contribution in [2.45, 2.75) is 37.6 Å². The third kappa shape index (κ3) is 2.50. The number of thiophene rings is 1. The maximum absolute atomic E-state index is 6.31. The van der Waals surface area contributed by atoms with Crippen LogP contribution in [0.5, 0.6) is 0 Å². The predicted molar refractivity (Wildman–Crippen MR) is 74.4 cm³/mol. The molecule has 2 N–H and O–H groups in total. The highest BCUT2D eigenvalue weighted by molar-refractivity contribution is 9.10. The van der Waals surface area contributed by atoms with Crippen LogP contribution in [0.4, 0.5) is 0 Å². The van der Waals surface area contributed by atoms with Crippen molar-refractivity contribution >= 4 is 27.3 Å². The van der Waals surface area contributed by atoms with E-state index >= 15 is 0 Å². The molecule has 2 heterocycles. The highest BCUT2D eigenvalue weighted by Gasteiger charge is 2.31. The van der Waals surface area contributed by atoms with Gasteiger partial charge in [-0.05, 0) is 34.8 Å². The van der Waals surface area contributed by atoms with Gasteiger partial charge in [0.25, 0.3) is 0 Å². The van der Waals surface area contributed by atoms with Crippen molar-refractivity contribution < 1.29 is 4.52 Å². The third-order valence-corrected chi connectivity index (χ3v) is 5.05. The second-order valence-corrected chi connectivity index (χ2v) is 6.71. The molecule has 3 rings (SSSR count). The molecule has 1 aliphatic rings. The molecular weight excluding hydrogens is 314 g/mol. The number of aromatic nitrogens is 2. The lowest BCUT2D eigenvalue weighted by atomic mass is 9.95. The largest absolute Gasteiger partial charge is 0.339 e. The summed E-state index contributed by atoms with van der Waals surface area (Å²) in [5, 5.41) is 6.03. The lowest BCUT2D eigenvalue weighted by Crippen LogP contribution is -2.38. The summed E-state index contributed by atoms with van der Waals surface area (Å²) in [6.45, 7) is 0. The smallest absolute Gasteiger partial charge is 0.228 e. The Hall–Kier alpha value is -0.720. The molecular formula is C12H14BrN3OS. The molecule has 0 aliphatic heterocycles. The molecule has 0 spiro atoms. The van der Waals surface area contributed by atoms with E-state index in [0.29, 0.717) is 18.1 Å². The van der Waals surface area contributed by atoms with Gasteiger partial charge in [0.05, 0.1) is 4.88 Å². The molecule has 0 unspecified atom stereocenters. The second kappa shape index (κ2) is 4.75. The zero-order valence-corrected chi connectivity index (χ0v) is 12.3. The summed E-state index contributed by atoms with van der Waals surface area (Å²) >= 11 is 5.01. The molecule has 0 radical (unpaired) electrons. The molecule has 0 saturated heterocycles. The van der Waals surface area contributed by atoms with Gasteiger partial charge in [0.2, 0.25) is 11.7 Å². The third-order valence-electron chi connectivity index (χ3n) is 3.36. The maximum atomic E-state index is 6.31. The first-order chi connectivity index (χ1) is 8.65. The number of hydrogen-bond acceptors (Lipinski definition) is 5. The highest BCUT2D eigenvalue weighted by Crippen LogP contribution is 2.31. The fraction of sp³-hybridized carbons (Fsp3) is 0.500. The highest BCUT2D eigenvalue weighted by atomic mass is 79.9. The summed E-state index contributed by atoms with van der Waals surface area (Å²) in [4.78, 5) is 5.44. The van der Waals surface area contributed by atoms with Crippen molar-refractivity contribution in [2.75, 3.05) is 0 Å². The monoisotopic (exact) mass is 327 g/mol. The summed E-state index contributed by atoms with van der Waals surface area (Å²) in [6, 6.07) is 1.99. The Morgan fingerprint density at radius 2 is 2.22 bits per heavy atom. The minimum Gasteiger partial charge on any atom is -0.339 e. The minimum atomic E-state index is -0.139. The molecule has 1 fully saturated rings. The molecule has 96 valence electrons. The number of hydrogen-bond donors (Lipinski definition) is 1. The minimum absolute atomic E-state index is 0.139. The zero-order valence-electron chi connectivity index (χ0n) is 9.86. The van der Waals surface area contributed by atoms with E-state index in [1.807, 2.05) is 11.4 Å². The van der Waals surface area contributed by atoms with Crippen LogP contribution in [0.15, 0.2) is 20.4 Å². The molecule has 0 amide bonds. The van der Waals surface area contributed by atoms with E-state index in [9.17, 15) is 0 Å². The molecule has 1 aliphatic carbocycles. The SMILES string of the molecule is NC1(Cc2nc(-c3cc(Br)cs3)no2)CCCC1. The van der Waals surface area contributed by atoms with Crippen LogP contribution < -0.4 is 5.73 Å². The summed E-state index contributed by atoms with van der Waals surface area (Å²) < 4.78 is 6.35. The fourth-order valence-electron chi connectivity index (χ4n) is 2.41. The molecule has 0 atom stereocenters. The normalized spacial score (nSPS) is 18.3. The maximum Gasteiger partial charge on any atom is 0.228 e. The van der Waals surface area contributed by atoms with Crippen LogP contribution in [-0.4, -0.2) is 15.7 Å². The lowest BCUT2D eigenvalue weighted by Gasteiger charge is -2.20. The van der Waals surface area contributed by atoms with Crippen molar-refractivity contribution in [3.63, 3.8) is 0 Å². The van der Waals surface area contributed by atoms with Gasteiger partial charge >= 0.3 is 0 Å². The molecule has 6 heteroatoms. The average molecular weight is 328 g/mol. The first kappa shape index (κ1) is 12.3. The summed E-state index contributed by atoms with van der Waals surface area (Å²) in [5.41, 5.74) is 6.17. The van der Waals surface area contributed by atoms with Gasteiger partial charge in [0.15, 0.2) is 0 Å². The van der Waals surface area contributed by atoms with Gasteiger partial charge < -0.3 is 10.3 Å². The molecule has 2 aromatic rings. The number of halogens is 1. The van der Waals surface area contributed by atoms with Crippen molar-refractivity contribution in [2.24, 2.45) is 5.73 Å². The van der Waals surface area contributed by atoms with Gasteiger partial charge in [-0.25, -0.2) is 0 Å². The Labute approximate surface area is 118 Å². The van der Waals surface area contributed by atoms with Crippen LogP contribution in [0.1, 0.15) is 31.6 Å². The van der Waals surface area contributed by atoms with E-state index in [-0.39, 0.29) is 5.54 Å². The van der Waals surface area contributed by atoms with Crippen LogP contribution in [-0.2, 0) is 6.42 Å². The second-order valence-electron chi connectivity index (χ2n) is 4.89. The van der Waals surface area contributed by atoms with E-state index in [4.69, 9.17) is 10.3 Å². The van der Waals surface area contributed by atoms with Gasteiger partial charge in [0.1, 0.15) is 0 Å². The molecule has 4 nitrogen and oxygen atoms in total. The summed E-state index contributed by atoms with van der Waals surface area (Å²) in [7, 11) is 0. The topological polar surface area (TPSA) is 64.9 Å². The van der Waals surface area contributed by atoms with Crippen molar-refractivity contribution in [1.82, 2.24) is 10.1 Å². The fourth-order valence-corrected chi connectivity index (χ4v) is 3.77. The number of nitrogens with zero attached hydrogens (tertiary/aromatic N) is 2. The Morgan fingerprint density at radius 1 is 1.44 bits per heavy atom. The van der Waals surface area contributed by atoms with Gasteiger partial charge in [-0.1, -0.05) is 18.0 Å². The quantitative estimate of drug-likeness (QED) is 0.938. The first-order valence-corrected chi connectivity index (χ1v) is 7.68. The van der Waals surface area contributed by atoms with E-state index in [1.54, 1.807) is 11.3 Å². The van der Waals surface area contributed by atoms with Crippen LogP contribution in [0, 0.1) is 0 Å². The summed E-state index contributed by atoms with van der Waals surface area (Å²) in [6.07, 6.45) is 5.20. The predicted octanol–water partition coefficient (Wildman–Crippen LogP) is 3.37.